The molecule has 0 saturated carbocycles. The van der Waals surface area contributed by atoms with E-state index in [4.69, 9.17) is 9.47 Å². The van der Waals surface area contributed by atoms with E-state index >= 15 is 0 Å². The van der Waals surface area contributed by atoms with Crippen LogP contribution in [0.2, 0.25) is 0 Å². The van der Waals surface area contributed by atoms with Crippen LogP contribution < -0.4 is 5.32 Å². The Bertz CT molecular complexity index is 284. The second-order valence-electron chi connectivity index (χ2n) is 4.84. The third-order valence-corrected chi connectivity index (χ3v) is 2.88. The molecule has 1 aliphatic rings. The van der Waals surface area contributed by atoms with E-state index in [1.807, 2.05) is 20.8 Å². The van der Waals surface area contributed by atoms with Gasteiger partial charge in [0.1, 0.15) is 18.2 Å². The molecule has 6 nitrogen and oxygen atoms in total. The van der Waals surface area contributed by atoms with E-state index in [1.165, 1.54) is 6.92 Å². The van der Waals surface area contributed by atoms with Gasteiger partial charge in [0.2, 0.25) is 5.91 Å². The van der Waals surface area contributed by atoms with Crippen molar-refractivity contribution in [2.75, 3.05) is 0 Å². The highest BCUT2D eigenvalue weighted by Gasteiger charge is 2.45. The SMILES string of the molecule is CC[C@H]1OC(OC(C)C)[C@H](NC(C)=O)[C@@H](O)[C@H]1O. The molecule has 0 spiro atoms. The number of carbonyl (C=O) groups is 1. The molecule has 1 saturated heterocycles. The predicted molar refractivity (Wildman–Crippen MR) is 64.8 cm³/mol. The average Bonchev–Trinajstić information content (AvgIpc) is 2.27. The molecule has 1 aliphatic heterocycles. The van der Waals surface area contributed by atoms with Gasteiger partial charge < -0.3 is 25.0 Å². The lowest BCUT2D eigenvalue weighted by atomic mass is 9.95. The van der Waals surface area contributed by atoms with E-state index in [0.29, 0.717) is 6.42 Å². The molecule has 6 heteroatoms. The van der Waals surface area contributed by atoms with Crippen LogP contribution in [0.25, 0.3) is 0 Å². The van der Waals surface area contributed by atoms with Crippen LogP contribution in [-0.4, -0.2) is 52.9 Å². The highest BCUT2D eigenvalue weighted by molar-refractivity contribution is 5.73. The number of aliphatic hydroxyl groups excluding tert-OH is 2. The van der Waals surface area contributed by atoms with E-state index in [1.54, 1.807) is 0 Å². The van der Waals surface area contributed by atoms with Gasteiger partial charge in [-0.1, -0.05) is 6.92 Å². The summed E-state index contributed by atoms with van der Waals surface area (Å²) in [4.78, 5) is 11.1. The molecule has 1 fully saturated rings. The zero-order chi connectivity index (χ0) is 13.9. The molecule has 1 amide bonds. The Hall–Kier alpha value is -0.690. The van der Waals surface area contributed by atoms with Crippen LogP contribution in [0, 0.1) is 0 Å². The lowest BCUT2D eigenvalue weighted by molar-refractivity contribution is -0.273. The summed E-state index contributed by atoms with van der Waals surface area (Å²) in [6.07, 6.45) is -2.92. The van der Waals surface area contributed by atoms with Gasteiger partial charge in [0, 0.05) is 6.92 Å². The first-order chi connectivity index (χ1) is 8.36. The second-order valence-corrected chi connectivity index (χ2v) is 4.84. The van der Waals surface area contributed by atoms with Gasteiger partial charge in [0.25, 0.3) is 0 Å². The summed E-state index contributed by atoms with van der Waals surface area (Å²) in [5.74, 6) is -0.304. The molecule has 3 N–H and O–H groups in total. The molecule has 0 aromatic carbocycles. The topological polar surface area (TPSA) is 88.0 Å². The number of amides is 1. The molecular weight excluding hydrogens is 238 g/mol. The molecule has 0 radical (unpaired) electrons. The Balaban J connectivity index is 2.83. The fourth-order valence-electron chi connectivity index (χ4n) is 2.04. The van der Waals surface area contributed by atoms with Crippen molar-refractivity contribution in [2.24, 2.45) is 0 Å². The average molecular weight is 261 g/mol. The molecule has 106 valence electrons. The predicted octanol–water partition coefficient (Wildman–Crippen LogP) is -0.227. The van der Waals surface area contributed by atoms with Gasteiger partial charge in [0.15, 0.2) is 6.29 Å². The van der Waals surface area contributed by atoms with Crippen molar-refractivity contribution in [3.63, 3.8) is 0 Å². The molecule has 1 unspecified atom stereocenters. The lowest BCUT2D eigenvalue weighted by Crippen LogP contribution is -2.64. The van der Waals surface area contributed by atoms with Crippen molar-refractivity contribution in [1.29, 1.82) is 0 Å². The van der Waals surface area contributed by atoms with Gasteiger partial charge in [-0.25, -0.2) is 0 Å². The molecule has 0 aromatic rings. The van der Waals surface area contributed by atoms with E-state index in [9.17, 15) is 15.0 Å². The quantitative estimate of drug-likeness (QED) is 0.651. The fraction of sp³-hybridized carbons (Fsp3) is 0.917. The minimum Gasteiger partial charge on any atom is -0.388 e. The third-order valence-electron chi connectivity index (χ3n) is 2.88. The molecular formula is C12H23NO5. The number of aliphatic hydroxyl groups is 2. The number of carbonyl (C=O) groups excluding carboxylic acids is 1. The Morgan fingerprint density at radius 3 is 2.44 bits per heavy atom. The van der Waals surface area contributed by atoms with Gasteiger partial charge in [-0.05, 0) is 20.3 Å². The highest BCUT2D eigenvalue weighted by atomic mass is 16.7. The third kappa shape index (κ3) is 3.65. The molecule has 0 aliphatic carbocycles. The first-order valence-corrected chi connectivity index (χ1v) is 6.31. The number of nitrogens with one attached hydrogen (secondary N) is 1. The largest absolute Gasteiger partial charge is 0.388 e. The molecule has 1 rings (SSSR count). The number of ether oxygens (including phenoxy) is 2. The van der Waals surface area contributed by atoms with Crippen LogP contribution in [-0.2, 0) is 14.3 Å². The van der Waals surface area contributed by atoms with Crippen molar-refractivity contribution in [3.05, 3.63) is 0 Å². The van der Waals surface area contributed by atoms with Crippen molar-refractivity contribution >= 4 is 5.91 Å². The van der Waals surface area contributed by atoms with E-state index in [0.717, 1.165) is 0 Å². The normalized spacial score (nSPS) is 36.7. The summed E-state index contributed by atoms with van der Waals surface area (Å²) in [5, 5.41) is 22.5. The van der Waals surface area contributed by atoms with Crippen LogP contribution in [0.1, 0.15) is 34.1 Å². The van der Waals surface area contributed by atoms with Gasteiger partial charge >= 0.3 is 0 Å². The van der Waals surface area contributed by atoms with Crippen molar-refractivity contribution in [1.82, 2.24) is 5.32 Å². The maximum Gasteiger partial charge on any atom is 0.217 e. The second kappa shape index (κ2) is 6.47. The van der Waals surface area contributed by atoms with Crippen LogP contribution in [0.4, 0.5) is 0 Å². The number of hydrogen-bond donors (Lipinski definition) is 3. The lowest BCUT2D eigenvalue weighted by Gasteiger charge is -2.43. The maximum atomic E-state index is 11.1. The standard InChI is InChI=1S/C12H23NO5/c1-5-8-10(15)11(16)9(13-7(4)14)12(18-8)17-6(2)3/h6,8-12,15-16H,5H2,1-4H3,(H,13,14)/t8-,9-,10+,11-,12?/m1/s1. The van der Waals surface area contributed by atoms with Crippen LogP contribution >= 0.6 is 0 Å². The molecule has 18 heavy (non-hydrogen) atoms. The van der Waals surface area contributed by atoms with Crippen LogP contribution in [0.5, 0.6) is 0 Å². The number of rotatable bonds is 4. The van der Waals surface area contributed by atoms with Gasteiger partial charge in [-0.3, -0.25) is 4.79 Å². The van der Waals surface area contributed by atoms with E-state index in [2.05, 4.69) is 5.32 Å². The summed E-state index contributed by atoms with van der Waals surface area (Å²) in [6.45, 7) is 6.88. The van der Waals surface area contributed by atoms with Crippen molar-refractivity contribution in [3.8, 4) is 0 Å². The monoisotopic (exact) mass is 261 g/mol. The molecule has 5 atom stereocenters. The Labute approximate surface area is 107 Å². The molecule has 0 aromatic heterocycles. The van der Waals surface area contributed by atoms with E-state index < -0.39 is 30.6 Å². The van der Waals surface area contributed by atoms with Crippen LogP contribution in [0.15, 0.2) is 0 Å². The molecule has 0 bridgehead atoms. The zero-order valence-corrected chi connectivity index (χ0v) is 11.3. The summed E-state index contributed by atoms with van der Waals surface area (Å²) in [5.41, 5.74) is 0. The smallest absolute Gasteiger partial charge is 0.217 e. The summed E-state index contributed by atoms with van der Waals surface area (Å²) in [6, 6.07) is -0.761. The Morgan fingerprint density at radius 2 is 2.00 bits per heavy atom. The zero-order valence-electron chi connectivity index (χ0n) is 11.3. The van der Waals surface area contributed by atoms with Crippen molar-refractivity contribution < 1.29 is 24.5 Å². The fourth-order valence-corrected chi connectivity index (χ4v) is 2.04. The van der Waals surface area contributed by atoms with Gasteiger partial charge in [-0.2, -0.15) is 0 Å². The first kappa shape index (κ1) is 15.4. The van der Waals surface area contributed by atoms with Gasteiger partial charge in [0.05, 0.1) is 12.2 Å². The van der Waals surface area contributed by atoms with Crippen molar-refractivity contribution in [2.45, 2.75) is 70.9 Å². The summed E-state index contributed by atoms with van der Waals surface area (Å²) in [7, 11) is 0. The number of hydrogen-bond acceptors (Lipinski definition) is 5. The Kier molecular flexibility index (Phi) is 5.52. The van der Waals surface area contributed by atoms with Crippen LogP contribution in [0.3, 0.4) is 0 Å². The first-order valence-electron chi connectivity index (χ1n) is 6.31. The van der Waals surface area contributed by atoms with E-state index in [-0.39, 0.29) is 12.0 Å². The minimum atomic E-state index is -1.10. The molecule has 1 heterocycles. The highest BCUT2D eigenvalue weighted by Crippen LogP contribution is 2.24. The summed E-state index contributed by atoms with van der Waals surface area (Å²) >= 11 is 0. The maximum absolute atomic E-state index is 11.1. The minimum absolute atomic E-state index is 0.105. The summed E-state index contributed by atoms with van der Waals surface area (Å²) < 4.78 is 11.1. The Morgan fingerprint density at radius 1 is 1.39 bits per heavy atom. The van der Waals surface area contributed by atoms with Gasteiger partial charge in [-0.15, -0.1) is 0 Å².